The van der Waals surface area contributed by atoms with E-state index in [9.17, 15) is 4.79 Å². The molecule has 4 nitrogen and oxygen atoms in total. The van der Waals surface area contributed by atoms with Crippen LogP contribution in [0.1, 0.15) is 30.4 Å². The average Bonchev–Trinajstić information content (AvgIpc) is 3.05. The third-order valence-corrected chi connectivity index (χ3v) is 5.56. The van der Waals surface area contributed by atoms with Gasteiger partial charge < -0.3 is 10.4 Å². The highest BCUT2D eigenvalue weighted by atomic mass is 32.2. The Balaban J connectivity index is 1.90. The largest absolute Gasteiger partial charge is 0.477 e. The summed E-state index contributed by atoms with van der Waals surface area (Å²) in [6.45, 7) is 6.35. The van der Waals surface area contributed by atoms with E-state index in [4.69, 9.17) is 5.11 Å². The fraction of sp³-hybridized carbons (Fsp3) is 0.333. The Labute approximate surface area is 142 Å². The number of hydrogen-bond acceptors (Lipinski definition) is 6. The van der Waals surface area contributed by atoms with Crippen molar-refractivity contribution in [2.45, 2.75) is 30.6 Å². The highest BCUT2D eigenvalue weighted by molar-refractivity contribution is 8.01. The lowest BCUT2D eigenvalue weighted by Gasteiger charge is -2.18. The standard InChI is InChI=1S/C15H18N2O2S3/c1-15(2,3)16-7-4-8-20-14-17-10(9-21-14)11-5-6-12(22-11)13(18)19/h4-7,9,16H,8H2,1-3H3,(H,18,19)/b7-4+. The fourth-order valence-corrected chi connectivity index (χ4v) is 4.05. The van der Waals surface area contributed by atoms with Crippen molar-refractivity contribution in [3.8, 4) is 10.6 Å². The lowest BCUT2D eigenvalue weighted by atomic mass is 10.1. The van der Waals surface area contributed by atoms with E-state index in [1.54, 1.807) is 29.2 Å². The molecule has 2 aromatic rings. The van der Waals surface area contributed by atoms with Gasteiger partial charge in [0, 0.05) is 16.7 Å². The van der Waals surface area contributed by atoms with Gasteiger partial charge in [0.1, 0.15) is 4.88 Å². The summed E-state index contributed by atoms with van der Waals surface area (Å²) in [6, 6.07) is 3.43. The minimum Gasteiger partial charge on any atom is -0.477 e. The molecule has 2 aromatic heterocycles. The van der Waals surface area contributed by atoms with Crippen LogP contribution in [-0.2, 0) is 0 Å². The van der Waals surface area contributed by atoms with Crippen LogP contribution < -0.4 is 5.32 Å². The van der Waals surface area contributed by atoms with Crippen molar-refractivity contribution in [2.24, 2.45) is 0 Å². The number of thioether (sulfide) groups is 1. The molecule has 118 valence electrons. The number of thiazole rings is 1. The van der Waals surface area contributed by atoms with Crippen LogP contribution in [0.5, 0.6) is 0 Å². The monoisotopic (exact) mass is 354 g/mol. The first kappa shape index (κ1) is 17.1. The summed E-state index contributed by atoms with van der Waals surface area (Å²) in [5.41, 5.74) is 0.929. The molecule has 0 amide bonds. The molecule has 22 heavy (non-hydrogen) atoms. The highest BCUT2D eigenvalue weighted by Crippen LogP contribution is 2.32. The number of carbonyl (C=O) groups is 1. The predicted molar refractivity (Wildman–Crippen MR) is 95.1 cm³/mol. The van der Waals surface area contributed by atoms with Crippen molar-refractivity contribution in [3.05, 3.63) is 34.7 Å². The number of aromatic carboxylic acids is 1. The van der Waals surface area contributed by atoms with Crippen LogP contribution in [0.25, 0.3) is 10.6 Å². The second-order valence-electron chi connectivity index (χ2n) is 5.58. The van der Waals surface area contributed by atoms with E-state index in [-0.39, 0.29) is 5.54 Å². The number of rotatable bonds is 6. The van der Waals surface area contributed by atoms with Crippen molar-refractivity contribution in [1.82, 2.24) is 10.3 Å². The minimum atomic E-state index is -0.891. The zero-order chi connectivity index (χ0) is 16.2. The van der Waals surface area contributed by atoms with E-state index >= 15 is 0 Å². The van der Waals surface area contributed by atoms with Crippen LogP contribution in [0.15, 0.2) is 34.1 Å². The summed E-state index contributed by atoms with van der Waals surface area (Å²) in [7, 11) is 0. The molecule has 7 heteroatoms. The second-order valence-corrected chi connectivity index (χ2v) is 8.78. The van der Waals surface area contributed by atoms with Crippen LogP contribution in [0.2, 0.25) is 0 Å². The lowest BCUT2D eigenvalue weighted by Crippen LogP contribution is -2.30. The van der Waals surface area contributed by atoms with Gasteiger partial charge >= 0.3 is 5.97 Å². The van der Waals surface area contributed by atoms with Crippen LogP contribution in [0.4, 0.5) is 0 Å². The summed E-state index contributed by atoms with van der Waals surface area (Å²) < 4.78 is 0.987. The topological polar surface area (TPSA) is 62.2 Å². The van der Waals surface area contributed by atoms with Gasteiger partial charge in [-0.2, -0.15) is 0 Å². The van der Waals surface area contributed by atoms with E-state index < -0.39 is 5.97 Å². The molecule has 0 radical (unpaired) electrons. The van der Waals surface area contributed by atoms with Gasteiger partial charge in [0.05, 0.1) is 10.6 Å². The van der Waals surface area contributed by atoms with Crippen LogP contribution in [0.3, 0.4) is 0 Å². The van der Waals surface area contributed by atoms with E-state index in [2.05, 4.69) is 37.1 Å². The smallest absolute Gasteiger partial charge is 0.345 e. The summed E-state index contributed by atoms with van der Waals surface area (Å²) >= 11 is 4.50. The number of aromatic nitrogens is 1. The summed E-state index contributed by atoms with van der Waals surface area (Å²) in [5, 5.41) is 14.2. The van der Waals surface area contributed by atoms with Crippen molar-refractivity contribution < 1.29 is 9.90 Å². The summed E-state index contributed by atoms with van der Waals surface area (Å²) in [4.78, 5) is 16.7. The molecule has 2 N–H and O–H groups in total. The maximum atomic E-state index is 10.9. The Bertz CT molecular complexity index is 668. The van der Waals surface area contributed by atoms with E-state index in [1.807, 2.05) is 17.6 Å². The molecule has 0 aromatic carbocycles. The van der Waals surface area contributed by atoms with E-state index in [0.717, 1.165) is 20.7 Å². The molecule has 0 fully saturated rings. The number of thiophene rings is 1. The van der Waals surface area contributed by atoms with Crippen molar-refractivity contribution in [3.63, 3.8) is 0 Å². The minimum absolute atomic E-state index is 0.0799. The third-order valence-electron chi connectivity index (χ3n) is 2.49. The lowest BCUT2D eigenvalue weighted by molar-refractivity contribution is 0.0702. The van der Waals surface area contributed by atoms with Gasteiger partial charge in [-0.05, 0) is 39.1 Å². The van der Waals surface area contributed by atoms with Gasteiger partial charge in [-0.3, -0.25) is 0 Å². The molecule has 0 saturated heterocycles. The van der Waals surface area contributed by atoms with Gasteiger partial charge in [0.2, 0.25) is 0 Å². The fourth-order valence-electron chi connectivity index (χ4n) is 1.50. The Kier molecular flexibility index (Phi) is 5.66. The molecule has 0 bridgehead atoms. The van der Waals surface area contributed by atoms with E-state index in [1.165, 1.54) is 11.3 Å². The summed E-state index contributed by atoms with van der Waals surface area (Å²) in [6.07, 6.45) is 4.05. The first-order valence-electron chi connectivity index (χ1n) is 6.70. The van der Waals surface area contributed by atoms with Crippen LogP contribution in [-0.4, -0.2) is 27.4 Å². The van der Waals surface area contributed by atoms with Gasteiger partial charge in [-0.15, -0.1) is 22.7 Å². The Morgan fingerprint density at radius 1 is 1.45 bits per heavy atom. The maximum Gasteiger partial charge on any atom is 0.345 e. The van der Waals surface area contributed by atoms with Crippen molar-refractivity contribution >= 4 is 40.4 Å². The van der Waals surface area contributed by atoms with E-state index in [0.29, 0.717) is 4.88 Å². The Morgan fingerprint density at radius 2 is 2.23 bits per heavy atom. The average molecular weight is 355 g/mol. The SMILES string of the molecule is CC(C)(C)N/C=C/CSc1nc(-c2ccc(C(=O)O)s2)cs1. The number of carboxylic acids is 1. The van der Waals surface area contributed by atoms with Gasteiger partial charge in [0.25, 0.3) is 0 Å². The maximum absolute atomic E-state index is 10.9. The first-order chi connectivity index (χ1) is 10.3. The molecule has 2 heterocycles. The predicted octanol–water partition coefficient (Wildman–Crippen LogP) is 4.56. The molecule has 0 atom stereocenters. The Morgan fingerprint density at radius 3 is 2.86 bits per heavy atom. The van der Waals surface area contributed by atoms with Gasteiger partial charge in [-0.1, -0.05) is 17.8 Å². The summed E-state index contributed by atoms with van der Waals surface area (Å²) in [5.74, 6) is -0.0431. The molecule has 2 rings (SSSR count). The van der Waals surface area contributed by atoms with Gasteiger partial charge in [-0.25, -0.2) is 9.78 Å². The first-order valence-corrected chi connectivity index (χ1v) is 9.38. The molecule has 0 unspecified atom stereocenters. The molecule has 0 aliphatic heterocycles. The number of hydrogen-bond donors (Lipinski definition) is 2. The molecular weight excluding hydrogens is 336 g/mol. The second kappa shape index (κ2) is 7.30. The van der Waals surface area contributed by atoms with Crippen LogP contribution in [0, 0.1) is 0 Å². The molecule has 0 spiro atoms. The third kappa shape index (κ3) is 5.15. The van der Waals surface area contributed by atoms with Crippen molar-refractivity contribution in [2.75, 3.05) is 5.75 Å². The Hall–Kier alpha value is -1.31. The van der Waals surface area contributed by atoms with Crippen LogP contribution >= 0.6 is 34.4 Å². The zero-order valence-corrected chi connectivity index (χ0v) is 15.1. The van der Waals surface area contributed by atoms with Crippen molar-refractivity contribution in [1.29, 1.82) is 0 Å². The molecule has 0 saturated carbocycles. The van der Waals surface area contributed by atoms with Gasteiger partial charge in [0.15, 0.2) is 4.34 Å². The number of carboxylic acid groups (broad SMARTS) is 1. The molecule has 0 aliphatic carbocycles. The normalized spacial score (nSPS) is 12.0. The highest BCUT2D eigenvalue weighted by Gasteiger charge is 2.11. The quantitative estimate of drug-likeness (QED) is 0.744. The number of nitrogens with zero attached hydrogens (tertiary/aromatic N) is 1. The zero-order valence-electron chi connectivity index (χ0n) is 12.6. The number of nitrogens with one attached hydrogen (secondary N) is 1. The molecular formula is C15H18N2O2S3. The molecule has 0 aliphatic rings.